The van der Waals surface area contributed by atoms with Crippen molar-refractivity contribution in [3.8, 4) is 0 Å². The monoisotopic (exact) mass is 185 g/mol. The van der Waals surface area contributed by atoms with Crippen LogP contribution < -0.4 is 0 Å². The quantitative estimate of drug-likeness (QED) is 0.658. The van der Waals surface area contributed by atoms with E-state index >= 15 is 0 Å². The molecule has 3 nitrogen and oxygen atoms in total. The molecule has 0 rings (SSSR count). The van der Waals surface area contributed by atoms with E-state index in [0.717, 1.165) is 0 Å². The Hall–Kier alpha value is -0.860. The van der Waals surface area contributed by atoms with Crippen LogP contribution in [0.2, 0.25) is 0 Å². The zero-order valence-corrected chi connectivity index (χ0v) is 9.18. The van der Waals surface area contributed by atoms with Crippen LogP contribution in [0.1, 0.15) is 41.0 Å². The van der Waals surface area contributed by atoms with Crippen LogP contribution in [0.3, 0.4) is 0 Å². The van der Waals surface area contributed by atoms with Gasteiger partial charge in [0.25, 0.3) is 0 Å². The highest BCUT2D eigenvalue weighted by molar-refractivity contribution is 5.94. The van der Waals surface area contributed by atoms with Crippen molar-refractivity contribution in [3.05, 3.63) is 0 Å². The number of carbonyl (C=O) groups excluding carboxylic acids is 2. The summed E-state index contributed by atoms with van der Waals surface area (Å²) in [5, 5.41) is 0. The molecule has 0 atom stereocenters. The van der Waals surface area contributed by atoms with Crippen LogP contribution in [-0.2, 0) is 9.59 Å². The molecule has 3 heteroatoms. The van der Waals surface area contributed by atoms with Crippen molar-refractivity contribution in [3.63, 3.8) is 0 Å². The summed E-state index contributed by atoms with van der Waals surface area (Å²) in [6.45, 7) is 9.65. The first-order chi connectivity index (χ1) is 5.78. The molecule has 0 aromatic heterocycles. The highest BCUT2D eigenvalue weighted by Crippen LogP contribution is 2.19. The van der Waals surface area contributed by atoms with E-state index in [1.807, 2.05) is 27.7 Å². The molecule has 0 saturated carbocycles. The molecule has 0 spiro atoms. The lowest BCUT2D eigenvalue weighted by molar-refractivity contribution is -0.144. The Morgan fingerprint density at radius 1 is 1.23 bits per heavy atom. The van der Waals surface area contributed by atoms with E-state index in [2.05, 4.69) is 0 Å². The molecule has 0 aromatic carbocycles. The van der Waals surface area contributed by atoms with E-state index in [9.17, 15) is 9.59 Å². The molecule has 0 unspecified atom stereocenters. The zero-order valence-electron chi connectivity index (χ0n) is 9.18. The van der Waals surface area contributed by atoms with E-state index in [-0.39, 0.29) is 17.2 Å². The molecule has 0 saturated heterocycles. The maximum atomic E-state index is 11.5. The molecular weight excluding hydrogens is 166 g/mol. The lowest BCUT2D eigenvalue weighted by atomic mass is 9.91. The van der Waals surface area contributed by atoms with Crippen LogP contribution in [0.15, 0.2) is 0 Å². The Morgan fingerprint density at radius 2 is 1.69 bits per heavy atom. The van der Waals surface area contributed by atoms with Crippen LogP contribution in [0.5, 0.6) is 0 Å². The second kappa shape index (κ2) is 4.40. The summed E-state index contributed by atoms with van der Waals surface area (Å²) in [5.41, 5.74) is -0.0556. The van der Waals surface area contributed by atoms with E-state index in [1.165, 1.54) is 11.8 Å². The molecule has 0 radical (unpaired) electrons. The van der Waals surface area contributed by atoms with Gasteiger partial charge in [0.2, 0.25) is 11.8 Å². The fourth-order valence-corrected chi connectivity index (χ4v) is 1.12. The van der Waals surface area contributed by atoms with Crippen molar-refractivity contribution in [2.75, 3.05) is 6.54 Å². The predicted octanol–water partition coefficient (Wildman–Crippen LogP) is 1.82. The smallest absolute Gasteiger partial charge is 0.229 e. The Bertz CT molecular complexity index is 203. The van der Waals surface area contributed by atoms with Gasteiger partial charge >= 0.3 is 0 Å². The Labute approximate surface area is 80.1 Å². The minimum absolute atomic E-state index is 0.0556. The van der Waals surface area contributed by atoms with Crippen LogP contribution in [-0.4, -0.2) is 23.3 Å². The summed E-state index contributed by atoms with van der Waals surface area (Å²) in [5.74, 6) is -0.251. The van der Waals surface area contributed by atoms with Gasteiger partial charge in [-0.25, -0.2) is 0 Å². The lowest BCUT2D eigenvalue weighted by Crippen LogP contribution is -2.36. The van der Waals surface area contributed by atoms with Gasteiger partial charge in [0.05, 0.1) is 0 Å². The number of carbonyl (C=O) groups is 2. The van der Waals surface area contributed by atoms with Crippen LogP contribution in [0.4, 0.5) is 0 Å². The molecule has 0 heterocycles. The largest absolute Gasteiger partial charge is 0.283 e. The standard InChI is InChI=1S/C10H19NO2/c1-6-11(8(2)12)9(13)7-10(3,4)5/h6-7H2,1-5H3. The van der Waals surface area contributed by atoms with Crippen LogP contribution in [0.25, 0.3) is 0 Å². The van der Waals surface area contributed by atoms with Gasteiger partial charge in [-0.15, -0.1) is 0 Å². The first kappa shape index (κ1) is 12.1. The van der Waals surface area contributed by atoms with E-state index < -0.39 is 0 Å². The molecule has 13 heavy (non-hydrogen) atoms. The first-order valence-corrected chi connectivity index (χ1v) is 4.59. The second-order valence-corrected chi connectivity index (χ2v) is 4.39. The fourth-order valence-electron chi connectivity index (χ4n) is 1.12. The molecule has 0 aliphatic carbocycles. The molecule has 0 fully saturated rings. The third kappa shape index (κ3) is 4.65. The van der Waals surface area contributed by atoms with Crippen molar-refractivity contribution in [2.24, 2.45) is 5.41 Å². The second-order valence-electron chi connectivity index (χ2n) is 4.39. The molecule has 0 aliphatic heterocycles. The highest BCUT2D eigenvalue weighted by atomic mass is 16.2. The number of imide groups is 1. The third-order valence-electron chi connectivity index (χ3n) is 1.68. The Morgan fingerprint density at radius 3 is 1.92 bits per heavy atom. The van der Waals surface area contributed by atoms with Crippen molar-refractivity contribution in [1.29, 1.82) is 0 Å². The highest BCUT2D eigenvalue weighted by Gasteiger charge is 2.22. The summed E-state index contributed by atoms with van der Waals surface area (Å²) in [4.78, 5) is 23.8. The van der Waals surface area contributed by atoms with Crippen molar-refractivity contribution < 1.29 is 9.59 Å². The van der Waals surface area contributed by atoms with Gasteiger partial charge in [0.15, 0.2) is 0 Å². The number of amides is 2. The molecule has 0 aliphatic rings. The normalized spacial score (nSPS) is 11.2. The van der Waals surface area contributed by atoms with Gasteiger partial charge in [0, 0.05) is 19.9 Å². The van der Waals surface area contributed by atoms with E-state index in [1.54, 1.807) is 0 Å². The maximum Gasteiger partial charge on any atom is 0.229 e. The molecule has 76 valence electrons. The van der Waals surface area contributed by atoms with Gasteiger partial charge in [0.1, 0.15) is 0 Å². The van der Waals surface area contributed by atoms with Gasteiger partial charge < -0.3 is 0 Å². The van der Waals surface area contributed by atoms with Gasteiger partial charge in [-0.2, -0.15) is 0 Å². The molecule has 0 bridgehead atoms. The number of hydrogen-bond acceptors (Lipinski definition) is 2. The van der Waals surface area contributed by atoms with Gasteiger partial charge in [-0.1, -0.05) is 20.8 Å². The van der Waals surface area contributed by atoms with Crippen LogP contribution in [0, 0.1) is 5.41 Å². The summed E-state index contributed by atoms with van der Waals surface area (Å²) >= 11 is 0. The van der Waals surface area contributed by atoms with Gasteiger partial charge in [-0.3, -0.25) is 14.5 Å². The summed E-state index contributed by atoms with van der Waals surface area (Å²) in [7, 11) is 0. The van der Waals surface area contributed by atoms with Crippen molar-refractivity contribution in [2.45, 2.75) is 41.0 Å². The minimum Gasteiger partial charge on any atom is -0.283 e. The van der Waals surface area contributed by atoms with Crippen molar-refractivity contribution in [1.82, 2.24) is 4.90 Å². The molecule has 2 amide bonds. The average Bonchev–Trinajstić information content (AvgIpc) is 1.82. The number of hydrogen-bond donors (Lipinski definition) is 0. The zero-order chi connectivity index (χ0) is 10.6. The summed E-state index contributed by atoms with van der Waals surface area (Å²) in [6, 6.07) is 0. The summed E-state index contributed by atoms with van der Waals surface area (Å²) < 4.78 is 0. The van der Waals surface area contributed by atoms with Gasteiger partial charge in [-0.05, 0) is 12.3 Å². The summed E-state index contributed by atoms with van der Waals surface area (Å²) in [6.07, 6.45) is 0.417. The molecular formula is C10H19NO2. The average molecular weight is 185 g/mol. The van der Waals surface area contributed by atoms with E-state index in [0.29, 0.717) is 13.0 Å². The van der Waals surface area contributed by atoms with Crippen molar-refractivity contribution >= 4 is 11.8 Å². The third-order valence-corrected chi connectivity index (χ3v) is 1.68. The van der Waals surface area contributed by atoms with E-state index in [4.69, 9.17) is 0 Å². The fraction of sp³-hybridized carbons (Fsp3) is 0.800. The molecule has 0 N–H and O–H groups in total. The SMILES string of the molecule is CCN(C(C)=O)C(=O)CC(C)(C)C. The maximum absolute atomic E-state index is 11.5. The Balaban J connectivity index is 4.32. The first-order valence-electron chi connectivity index (χ1n) is 4.59. The number of rotatable bonds is 2. The van der Waals surface area contributed by atoms with Crippen LogP contribution >= 0.6 is 0 Å². The molecule has 0 aromatic rings. The number of nitrogens with zero attached hydrogens (tertiary/aromatic N) is 1. The topological polar surface area (TPSA) is 37.4 Å². The Kier molecular flexibility index (Phi) is 4.11. The predicted molar refractivity (Wildman–Crippen MR) is 52.1 cm³/mol. The minimum atomic E-state index is -0.170. The lowest BCUT2D eigenvalue weighted by Gasteiger charge is -2.23.